The first kappa shape index (κ1) is 18.0. The molecule has 2 aromatic carbocycles. The van der Waals surface area contributed by atoms with Crippen LogP contribution in [0.5, 0.6) is 5.75 Å². The van der Waals surface area contributed by atoms with Gasteiger partial charge in [-0.05, 0) is 34.7 Å². The maximum Gasteiger partial charge on any atom is 0.224 e. The Morgan fingerprint density at radius 3 is 2.38 bits per heavy atom. The first-order chi connectivity index (χ1) is 11.4. The minimum atomic E-state index is -0.358. The van der Waals surface area contributed by atoms with E-state index in [1.165, 1.54) is 11.6 Å². The van der Waals surface area contributed by atoms with E-state index in [9.17, 15) is 9.18 Å². The Kier molecular flexibility index (Phi) is 5.96. The Morgan fingerprint density at radius 2 is 1.75 bits per heavy atom. The van der Waals surface area contributed by atoms with E-state index < -0.39 is 0 Å². The summed E-state index contributed by atoms with van der Waals surface area (Å²) in [7, 11) is 0. The summed E-state index contributed by atoms with van der Waals surface area (Å²) in [5.74, 6) is 0.195. The number of rotatable bonds is 6. The molecule has 0 aliphatic heterocycles. The number of benzene rings is 2. The molecule has 0 saturated carbocycles. The zero-order valence-electron chi connectivity index (χ0n) is 14.4. The Morgan fingerprint density at radius 1 is 1.08 bits per heavy atom. The molecule has 0 spiro atoms. The highest BCUT2D eigenvalue weighted by molar-refractivity contribution is 5.78. The van der Waals surface area contributed by atoms with Gasteiger partial charge in [0.2, 0.25) is 5.91 Å². The van der Waals surface area contributed by atoms with Gasteiger partial charge in [-0.25, -0.2) is 4.39 Å². The van der Waals surface area contributed by atoms with Gasteiger partial charge in [0, 0.05) is 0 Å². The fourth-order valence-electron chi connectivity index (χ4n) is 2.29. The smallest absolute Gasteiger partial charge is 0.224 e. The van der Waals surface area contributed by atoms with Crippen LogP contribution in [0, 0.1) is 5.82 Å². The summed E-state index contributed by atoms with van der Waals surface area (Å²) in [6, 6.07) is 14.3. The quantitative estimate of drug-likeness (QED) is 0.817. The van der Waals surface area contributed by atoms with E-state index >= 15 is 0 Å². The van der Waals surface area contributed by atoms with Crippen LogP contribution in [0.25, 0.3) is 0 Å². The second kappa shape index (κ2) is 7.95. The third-order valence-corrected chi connectivity index (χ3v) is 3.72. The monoisotopic (exact) mass is 329 g/mol. The first-order valence-corrected chi connectivity index (χ1v) is 8.10. The van der Waals surface area contributed by atoms with Gasteiger partial charge in [-0.1, -0.05) is 51.1 Å². The van der Waals surface area contributed by atoms with Crippen molar-refractivity contribution in [3.8, 4) is 5.75 Å². The van der Waals surface area contributed by atoms with Crippen molar-refractivity contribution in [3.05, 3.63) is 65.5 Å². The first-order valence-electron chi connectivity index (χ1n) is 8.10. The summed E-state index contributed by atoms with van der Waals surface area (Å²) in [5.41, 5.74) is 1.75. The Labute approximate surface area is 142 Å². The van der Waals surface area contributed by atoms with E-state index in [0.717, 1.165) is 5.75 Å². The molecule has 128 valence electrons. The zero-order valence-corrected chi connectivity index (χ0v) is 14.4. The normalized spacial score (nSPS) is 11.2. The number of amides is 1. The van der Waals surface area contributed by atoms with Gasteiger partial charge < -0.3 is 10.1 Å². The molecule has 0 atom stereocenters. The summed E-state index contributed by atoms with van der Waals surface area (Å²) in [5, 5.41) is 2.73. The summed E-state index contributed by atoms with van der Waals surface area (Å²) >= 11 is 0. The molecule has 0 fully saturated rings. The van der Waals surface area contributed by atoms with Crippen LogP contribution in [-0.4, -0.2) is 19.1 Å². The standard InChI is InChI=1S/C20H24FNO2/c1-20(2,3)16-8-10-17(11-9-16)24-13-12-22-19(23)14-15-6-4-5-7-18(15)21/h4-11H,12-14H2,1-3H3,(H,22,23). The molecule has 0 unspecified atom stereocenters. The van der Waals surface area contributed by atoms with Crippen molar-refractivity contribution in [1.82, 2.24) is 5.32 Å². The van der Waals surface area contributed by atoms with Crippen molar-refractivity contribution in [1.29, 1.82) is 0 Å². The summed E-state index contributed by atoms with van der Waals surface area (Å²) in [6.07, 6.45) is 0.0347. The number of hydrogen-bond acceptors (Lipinski definition) is 2. The second-order valence-corrected chi connectivity index (χ2v) is 6.74. The van der Waals surface area contributed by atoms with Crippen LogP contribution in [-0.2, 0) is 16.6 Å². The maximum absolute atomic E-state index is 13.5. The molecule has 0 aromatic heterocycles. The topological polar surface area (TPSA) is 38.3 Å². The van der Waals surface area contributed by atoms with Crippen molar-refractivity contribution in [2.75, 3.05) is 13.2 Å². The van der Waals surface area contributed by atoms with Crippen LogP contribution in [0.3, 0.4) is 0 Å². The molecule has 1 N–H and O–H groups in total. The summed E-state index contributed by atoms with van der Waals surface area (Å²) in [6.45, 7) is 7.24. The molecular weight excluding hydrogens is 305 g/mol. The highest BCUT2D eigenvalue weighted by atomic mass is 19.1. The van der Waals surface area contributed by atoms with Crippen LogP contribution < -0.4 is 10.1 Å². The van der Waals surface area contributed by atoms with Crippen molar-refractivity contribution < 1.29 is 13.9 Å². The van der Waals surface area contributed by atoms with Gasteiger partial charge in [-0.3, -0.25) is 4.79 Å². The highest BCUT2D eigenvalue weighted by Gasteiger charge is 2.13. The van der Waals surface area contributed by atoms with Crippen LogP contribution in [0.1, 0.15) is 31.9 Å². The van der Waals surface area contributed by atoms with E-state index in [0.29, 0.717) is 18.7 Å². The Hall–Kier alpha value is -2.36. The van der Waals surface area contributed by atoms with Crippen LogP contribution >= 0.6 is 0 Å². The molecule has 0 aliphatic carbocycles. The second-order valence-electron chi connectivity index (χ2n) is 6.74. The zero-order chi connectivity index (χ0) is 17.6. The number of ether oxygens (including phenoxy) is 1. The highest BCUT2D eigenvalue weighted by Crippen LogP contribution is 2.24. The molecule has 2 rings (SSSR count). The van der Waals surface area contributed by atoms with Gasteiger partial charge in [-0.15, -0.1) is 0 Å². The molecule has 1 amide bonds. The van der Waals surface area contributed by atoms with E-state index in [2.05, 4.69) is 26.1 Å². The fourth-order valence-corrected chi connectivity index (χ4v) is 2.29. The van der Waals surface area contributed by atoms with E-state index in [1.807, 2.05) is 24.3 Å². The molecule has 0 aliphatic rings. The van der Waals surface area contributed by atoms with Crippen LogP contribution in [0.15, 0.2) is 48.5 Å². The van der Waals surface area contributed by atoms with Gasteiger partial charge in [0.1, 0.15) is 18.2 Å². The van der Waals surface area contributed by atoms with Crippen LogP contribution in [0.4, 0.5) is 4.39 Å². The lowest BCUT2D eigenvalue weighted by atomic mass is 9.87. The lowest BCUT2D eigenvalue weighted by Gasteiger charge is -2.19. The molecule has 0 heterocycles. The molecule has 0 saturated heterocycles. The minimum Gasteiger partial charge on any atom is -0.492 e. The van der Waals surface area contributed by atoms with E-state index in [4.69, 9.17) is 4.74 Å². The molecule has 0 bridgehead atoms. The number of carbonyl (C=O) groups is 1. The average molecular weight is 329 g/mol. The molecule has 3 nitrogen and oxygen atoms in total. The molecular formula is C20H24FNO2. The van der Waals surface area contributed by atoms with Gasteiger partial charge >= 0.3 is 0 Å². The molecule has 24 heavy (non-hydrogen) atoms. The van der Waals surface area contributed by atoms with Crippen molar-refractivity contribution in [2.45, 2.75) is 32.6 Å². The van der Waals surface area contributed by atoms with Crippen LogP contribution in [0.2, 0.25) is 0 Å². The number of nitrogens with one attached hydrogen (secondary N) is 1. The SMILES string of the molecule is CC(C)(C)c1ccc(OCCNC(=O)Cc2ccccc2F)cc1. The predicted octanol–water partition coefficient (Wildman–Crippen LogP) is 3.86. The van der Waals surface area contributed by atoms with Gasteiger partial charge in [0.25, 0.3) is 0 Å². The molecule has 4 heteroatoms. The largest absolute Gasteiger partial charge is 0.492 e. The molecule has 0 radical (unpaired) electrons. The number of hydrogen-bond donors (Lipinski definition) is 1. The number of halogens is 1. The average Bonchev–Trinajstić information content (AvgIpc) is 2.53. The lowest BCUT2D eigenvalue weighted by Crippen LogP contribution is -2.29. The van der Waals surface area contributed by atoms with Gasteiger partial charge in [-0.2, -0.15) is 0 Å². The fraction of sp³-hybridized carbons (Fsp3) is 0.350. The van der Waals surface area contributed by atoms with Crippen molar-refractivity contribution in [2.24, 2.45) is 0 Å². The third-order valence-electron chi connectivity index (χ3n) is 3.72. The summed E-state index contributed by atoms with van der Waals surface area (Å²) < 4.78 is 19.1. The van der Waals surface area contributed by atoms with Gasteiger partial charge in [0.15, 0.2) is 0 Å². The van der Waals surface area contributed by atoms with Crippen molar-refractivity contribution in [3.63, 3.8) is 0 Å². The van der Waals surface area contributed by atoms with Gasteiger partial charge in [0.05, 0.1) is 13.0 Å². The third kappa shape index (κ3) is 5.37. The number of carbonyl (C=O) groups excluding carboxylic acids is 1. The van der Waals surface area contributed by atoms with E-state index in [1.54, 1.807) is 18.2 Å². The lowest BCUT2D eigenvalue weighted by molar-refractivity contribution is -0.120. The van der Waals surface area contributed by atoms with Crippen molar-refractivity contribution >= 4 is 5.91 Å². The molecule has 2 aromatic rings. The minimum absolute atomic E-state index is 0.0347. The van der Waals surface area contributed by atoms with E-state index in [-0.39, 0.29) is 23.6 Å². The Bertz CT molecular complexity index is 675. The summed E-state index contributed by atoms with van der Waals surface area (Å²) in [4.78, 5) is 11.8. The maximum atomic E-state index is 13.5. The Balaban J connectivity index is 1.73. The predicted molar refractivity (Wildman–Crippen MR) is 93.8 cm³/mol.